The third-order valence-electron chi connectivity index (χ3n) is 2.02. The van der Waals surface area contributed by atoms with Crippen LogP contribution in [0.15, 0.2) is 0 Å². The van der Waals surface area contributed by atoms with Gasteiger partial charge in [0.15, 0.2) is 9.84 Å². The number of alkyl halides is 1. The van der Waals surface area contributed by atoms with Crippen molar-refractivity contribution >= 4 is 15.9 Å². The second-order valence-corrected chi connectivity index (χ2v) is 7.02. The van der Waals surface area contributed by atoms with E-state index in [1.165, 1.54) is 4.90 Å². The van der Waals surface area contributed by atoms with Gasteiger partial charge in [-0.1, -0.05) is 0 Å². The van der Waals surface area contributed by atoms with Crippen molar-refractivity contribution in [3.8, 4) is 0 Å². The van der Waals surface area contributed by atoms with Crippen molar-refractivity contribution in [1.29, 1.82) is 0 Å². The topological polar surface area (TPSA) is 63.7 Å². The Bertz CT molecular complexity index is 348. The minimum Gasteiger partial charge on any atom is -0.448 e. The highest BCUT2D eigenvalue weighted by Crippen LogP contribution is 2.14. The molecule has 0 rings (SSSR count). The van der Waals surface area contributed by atoms with Gasteiger partial charge in [-0.3, -0.25) is 0 Å². The van der Waals surface area contributed by atoms with E-state index in [4.69, 9.17) is 4.74 Å². The minimum atomic E-state index is -3.16. The van der Waals surface area contributed by atoms with Crippen LogP contribution in [0, 0.1) is 0 Å². The van der Waals surface area contributed by atoms with E-state index in [9.17, 15) is 17.6 Å². The highest BCUT2D eigenvalue weighted by atomic mass is 32.2. The fourth-order valence-electron chi connectivity index (χ4n) is 1.14. The summed E-state index contributed by atoms with van der Waals surface area (Å²) in [5.41, 5.74) is -0.561. The maximum atomic E-state index is 12.3. The van der Waals surface area contributed by atoms with Crippen molar-refractivity contribution in [2.24, 2.45) is 0 Å². The second kappa shape index (κ2) is 6.18. The summed E-state index contributed by atoms with van der Waals surface area (Å²) in [6, 6.07) is 0. The van der Waals surface area contributed by atoms with Crippen LogP contribution in [-0.2, 0) is 14.6 Å². The molecule has 0 aliphatic carbocycles. The second-order valence-electron chi connectivity index (χ2n) is 4.76. The smallest absolute Gasteiger partial charge is 0.410 e. The van der Waals surface area contributed by atoms with Crippen LogP contribution in [0.2, 0.25) is 0 Å². The first-order valence-electron chi connectivity index (χ1n) is 5.26. The summed E-state index contributed by atoms with van der Waals surface area (Å²) in [5.74, 6) is -0.230. The molecular formula is C10H20FNO4S. The summed E-state index contributed by atoms with van der Waals surface area (Å²) < 4.78 is 38.8. The molecule has 0 heterocycles. The van der Waals surface area contributed by atoms with Crippen molar-refractivity contribution in [2.45, 2.75) is 26.3 Å². The lowest BCUT2D eigenvalue weighted by atomic mass is 10.1. The molecule has 0 radical (unpaired) electrons. The fourth-order valence-corrected chi connectivity index (χ4v) is 1.53. The number of nitrogens with zero attached hydrogens (tertiary/aromatic N) is 1. The van der Waals surface area contributed by atoms with E-state index in [1.54, 1.807) is 20.8 Å². The number of hydrogen-bond donors (Lipinski definition) is 0. The normalized spacial score (nSPS) is 12.3. The lowest BCUT2D eigenvalue weighted by Crippen LogP contribution is -2.47. The summed E-state index contributed by atoms with van der Waals surface area (Å²) >= 11 is 0. The van der Waals surface area contributed by atoms with E-state index >= 15 is 0 Å². The van der Waals surface area contributed by atoms with Gasteiger partial charge in [-0.2, -0.15) is 0 Å². The van der Waals surface area contributed by atoms with Crippen molar-refractivity contribution in [1.82, 2.24) is 4.90 Å². The van der Waals surface area contributed by atoms with E-state index in [0.29, 0.717) is 0 Å². The van der Waals surface area contributed by atoms with Gasteiger partial charge in [0, 0.05) is 11.8 Å². The third kappa shape index (κ3) is 7.14. The number of carbonyl (C=O) groups is 1. The van der Waals surface area contributed by atoms with Crippen LogP contribution in [0.4, 0.5) is 9.18 Å². The first-order valence-corrected chi connectivity index (χ1v) is 7.32. The number of carbonyl (C=O) groups excluding carboxylic acids is 1. The molecule has 0 aromatic rings. The fraction of sp³-hybridized carbons (Fsp3) is 0.900. The van der Waals surface area contributed by atoms with Crippen LogP contribution < -0.4 is 0 Å². The Hall–Kier alpha value is -0.850. The van der Waals surface area contributed by atoms with Gasteiger partial charge < -0.3 is 9.64 Å². The molecule has 0 aromatic carbocycles. The molecule has 17 heavy (non-hydrogen) atoms. The van der Waals surface area contributed by atoms with E-state index in [-0.39, 0.29) is 18.9 Å². The zero-order valence-corrected chi connectivity index (χ0v) is 11.5. The first-order chi connectivity index (χ1) is 7.58. The highest BCUT2D eigenvalue weighted by Gasteiger charge is 2.27. The van der Waals surface area contributed by atoms with Crippen LogP contribution in [0.1, 0.15) is 20.8 Å². The van der Waals surface area contributed by atoms with Crippen molar-refractivity contribution < 1.29 is 22.3 Å². The van der Waals surface area contributed by atoms with Gasteiger partial charge in [0.2, 0.25) is 0 Å². The van der Waals surface area contributed by atoms with E-state index < -0.39 is 28.1 Å². The molecule has 5 nitrogen and oxygen atoms in total. The van der Waals surface area contributed by atoms with E-state index in [1.807, 2.05) is 0 Å². The summed E-state index contributed by atoms with van der Waals surface area (Å²) in [6.07, 6.45) is 0.364. The Morgan fingerprint density at radius 1 is 1.35 bits per heavy atom. The van der Waals surface area contributed by atoms with Gasteiger partial charge in [0.05, 0.1) is 12.3 Å². The van der Waals surface area contributed by atoms with Gasteiger partial charge in [0.1, 0.15) is 13.3 Å². The minimum absolute atomic E-state index is 0.0682. The number of hydrogen-bond acceptors (Lipinski definition) is 4. The van der Waals surface area contributed by atoms with Crippen LogP contribution in [0.3, 0.4) is 0 Å². The molecule has 0 saturated heterocycles. The Balaban J connectivity index is 4.35. The van der Waals surface area contributed by atoms with Crippen LogP contribution in [-0.4, -0.2) is 56.8 Å². The Labute approximate surface area is 102 Å². The van der Waals surface area contributed by atoms with Gasteiger partial charge in [-0.05, 0) is 20.8 Å². The zero-order chi connectivity index (χ0) is 13.7. The molecule has 1 amide bonds. The van der Waals surface area contributed by atoms with E-state index in [2.05, 4.69) is 0 Å². The number of rotatable bonds is 5. The number of amides is 1. The molecule has 0 fully saturated rings. The lowest BCUT2D eigenvalue weighted by Gasteiger charge is -2.33. The molecule has 0 unspecified atom stereocenters. The molecule has 0 spiro atoms. The molecule has 0 bridgehead atoms. The molecule has 0 aromatic heterocycles. The predicted octanol–water partition coefficient (Wildman–Crippen LogP) is 1.24. The Kier molecular flexibility index (Phi) is 5.87. The largest absolute Gasteiger partial charge is 0.448 e. The van der Waals surface area contributed by atoms with Gasteiger partial charge in [-0.15, -0.1) is 0 Å². The van der Waals surface area contributed by atoms with Gasteiger partial charge >= 0.3 is 6.09 Å². The number of halogens is 1. The lowest BCUT2D eigenvalue weighted by molar-refractivity contribution is 0.0683. The summed E-state index contributed by atoms with van der Waals surface area (Å²) in [7, 11) is -3.16. The summed E-state index contributed by atoms with van der Waals surface area (Å²) in [6.45, 7) is 4.30. The molecule has 0 aliphatic rings. The molecular weight excluding hydrogens is 249 g/mol. The molecule has 0 atom stereocenters. The third-order valence-corrected chi connectivity index (χ3v) is 2.93. The predicted molar refractivity (Wildman–Crippen MR) is 63.5 cm³/mol. The van der Waals surface area contributed by atoms with Crippen molar-refractivity contribution in [3.05, 3.63) is 0 Å². The average molecular weight is 269 g/mol. The van der Waals surface area contributed by atoms with Crippen LogP contribution >= 0.6 is 0 Å². The average Bonchev–Trinajstić information content (AvgIpc) is 2.09. The van der Waals surface area contributed by atoms with Gasteiger partial charge in [-0.25, -0.2) is 17.6 Å². The molecule has 0 N–H and O–H groups in total. The van der Waals surface area contributed by atoms with Gasteiger partial charge in [0.25, 0.3) is 0 Å². The summed E-state index contributed by atoms with van der Waals surface area (Å²) in [4.78, 5) is 12.8. The zero-order valence-electron chi connectivity index (χ0n) is 10.7. The molecule has 7 heteroatoms. The summed E-state index contributed by atoms with van der Waals surface area (Å²) in [5, 5.41) is 0. The van der Waals surface area contributed by atoms with E-state index in [0.717, 1.165) is 6.26 Å². The Morgan fingerprint density at radius 3 is 2.24 bits per heavy atom. The first kappa shape index (κ1) is 16.1. The Morgan fingerprint density at radius 2 is 1.88 bits per heavy atom. The molecule has 0 aliphatic heterocycles. The standard InChI is InChI=1S/C10H20FNO4S/c1-10(2,3)12(6-5-11)9(13)16-7-8-17(4,14)15/h5-8H2,1-4H3. The molecule has 0 saturated carbocycles. The maximum Gasteiger partial charge on any atom is 0.410 e. The SMILES string of the molecule is CC(C)(C)N(CCF)C(=O)OCCS(C)(=O)=O. The van der Waals surface area contributed by atoms with Crippen LogP contribution in [0.25, 0.3) is 0 Å². The van der Waals surface area contributed by atoms with Crippen LogP contribution in [0.5, 0.6) is 0 Å². The maximum absolute atomic E-state index is 12.3. The number of ether oxygens (including phenoxy) is 1. The quantitative estimate of drug-likeness (QED) is 0.753. The molecule has 102 valence electrons. The monoisotopic (exact) mass is 269 g/mol. The highest BCUT2D eigenvalue weighted by molar-refractivity contribution is 7.90. The van der Waals surface area contributed by atoms with Crippen molar-refractivity contribution in [3.63, 3.8) is 0 Å². The van der Waals surface area contributed by atoms with Crippen molar-refractivity contribution in [2.75, 3.05) is 31.8 Å². The number of sulfone groups is 1.